The van der Waals surface area contributed by atoms with Crippen molar-refractivity contribution in [2.75, 3.05) is 13.2 Å². The van der Waals surface area contributed by atoms with Crippen LogP contribution in [-0.2, 0) is 17.8 Å². The van der Waals surface area contributed by atoms with Crippen molar-refractivity contribution in [1.29, 1.82) is 0 Å². The lowest BCUT2D eigenvalue weighted by Gasteiger charge is -2.21. The van der Waals surface area contributed by atoms with Crippen LogP contribution in [0.5, 0.6) is 0 Å². The Morgan fingerprint density at radius 1 is 1.41 bits per heavy atom. The number of hydrogen-bond donors (Lipinski definition) is 1. The van der Waals surface area contributed by atoms with Crippen molar-refractivity contribution in [2.45, 2.75) is 51.9 Å². The number of nitrogens with zero attached hydrogens (tertiary/aromatic N) is 3. The Balaban J connectivity index is 2.13. The molecule has 1 aromatic rings. The molecule has 1 N–H and O–H groups in total. The number of aromatic nitrogens is 2. The van der Waals surface area contributed by atoms with Gasteiger partial charge in [0.2, 0.25) is 5.91 Å². The van der Waals surface area contributed by atoms with E-state index in [-0.39, 0.29) is 31.5 Å². The Hall–Kier alpha value is -1.57. The van der Waals surface area contributed by atoms with E-state index in [1.807, 2.05) is 0 Å². The van der Waals surface area contributed by atoms with E-state index in [1.165, 1.54) is 0 Å². The van der Waals surface area contributed by atoms with Gasteiger partial charge in [-0.2, -0.15) is 18.3 Å². The quantitative estimate of drug-likeness (QED) is 0.866. The van der Waals surface area contributed by atoms with E-state index in [0.717, 1.165) is 17.5 Å². The standard InChI is InChI=1S/C14H20F3N3O2/c1-9-12(10(2)20(18-9)8-14(15,16)17)7-13(22)19(5-6-21)11-3-4-11/h11,21H,3-8H2,1-2H3. The minimum Gasteiger partial charge on any atom is -0.395 e. The number of hydrogen-bond acceptors (Lipinski definition) is 3. The summed E-state index contributed by atoms with van der Waals surface area (Å²) in [6.45, 7) is 2.14. The average Bonchev–Trinajstić information content (AvgIpc) is 3.19. The van der Waals surface area contributed by atoms with Crippen molar-refractivity contribution < 1.29 is 23.1 Å². The molecule has 22 heavy (non-hydrogen) atoms. The highest BCUT2D eigenvalue weighted by Gasteiger charge is 2.33. The number of carbonyl (C=O) groups excluding carboxylic acids is 1. The molecule has 1 aromatic heterocycles. The Kier molecular flexibility index (Phi) is 4.79. The number of amides is 1. The van der Waals surface area contributed by atoms with E-state index >= 15 is 0 Å². The molecule has 0 atom stereocenters. The fourth-order valence-corrected chi connectivity index (χ4v) is 2.57. The molecule has 1 fully saturated rings. The molecule has 5 nitrogen and oxygen atoms in total. The van der Waals surface area contributed by atoms with Gasteiger partial charge in [-0.05, 0) is 26.7 Å². The summed E-state index contributed by atoms with van der Waals surface area (Å²) >= 11 is 0. The highest BCUT2D eigenvalue weighted by atomic mass is 19.4. The molecule has 124 valence electrons. The third-order valence-corrected chi connectivity index (χ3v) is 3.84. The van der Waals surface area contributed by atoms with Gasteiger partial charge in [-0.25, -0.2) is 0 Å². The van der Waals surface area contributed by atoms with Gasteiger partial charge >= 0.3 is 6.18 Å². The molecule has 0 saturated heterocycles. The first-order valence-corrected chi connectivity index (χ1v) is 7.23. The van der Waals surface area contributed by atoms with Gasteiger partial charge in [0.15, 0.2) is 0 Å². The number of rotatable bonds is 6. The predicted molar refractivity (Wildman–Crippen MR) is 73.3 cm³/mol. The molecule has 0 bridgehead atoms. The van der Waals surface area contributed by atoms with Gasteiger partial charge in [0.05, 0.1) is 18.7 Å². The van der Waals surface area contributed by atoms with Gasteiger partial charge in [-0.1, -0.05) is 0 Å². The summed E-state index contributed by atoms with van der Waals surface area (Å²) in [6, 6.07) is 0.158. The van der Waals surface area contributed by atoms with Gasteiger partial charge < -0.3 is 10.0 Å². The van der Waals surface area contributed by atoms with E-state index < -0.39 is 12.7 Å². The monoisotopic (exact) mass is 319 g/mol. The van der Waals surface area contributed by atoms with E-state index in [9.17, 15) is 18.0 Å². The lowest BCUT2D eigenvalue weighted by Crippen LogP contribution is -2.36. The van der Waals surface area contributed by atoms with Crippen LogP contribution < -0.4 is 0 Å². The van der Waals surface area contributed by atoms with E-state index in [2.05, 4.69) is 5.10 Å². The Morgan fingerprint density at radius 3 is 2.55 bits per heavy atom. The summed E-state index contributed by atoms with van der Waals surface area (Å²) in [6.07, 6.45) is -2.50. The van der Waals surface area contributed by atoms with Crippen molar-refractivity contribution in [1.82, 2.24) is 14.7 Å². The molecule has 1 aliphatic carbocycles. The maximum absolute atomic E-state index is 12.5. The second-order valence-electron chi connectivity index (χ2n) is 5.64. The number of aliphatic hydroxyl groups is 1. The molecule has 0 aromatic carbocycles. The number of aliphatic hydroxyl groups excluding tert-OH is 1. The van der Waals surface area contributed by atoms with Crippen LogP contribution in [0.25, 0.3) is 0 Å². The summed E-state index contributed by atoms with van der Waals surface area (Å²) in [5, 5.41) is 12.9. The minimum absolute atomic E-state index is 0.0199. The molecule has 0 radical (unpaired) electrons. The first kappa shape index (κ1) is 16.8. The third kappa shape index (κ3) is 4.00. The Bertz CT molecular complexity index is 550. The zero-order chi connectivity index (χ0) is 16.5. The van der Waals surface area contributed by atoms with Crippen LogP contribution in [0.3, 0.4) is 0 Å². The van der Waals surface area contributed by atoms with Gasteiger partial charge in [-0.3, -0.25) is 9.48 Å². The molecule has 2 rings (SSSR count). The lowest BCUT2D eigenvalue weighted by molar-refractivity contribution is -0.143. The number of halogens is 3. The summed E-state index contributed by atoms with van der Waals surface area (Å²) in [7, 11) is 0. The topological polar surface area (TPSA) is 58.4 Å². The minimum atomic E-state index is -4.35. The predicted octanol–water partition coefficient (Wildman–Crippen LogP) is 1.59. The normalized spacial score (nSPS) is 15.2. The highest BCUT2D eigenvalue weighted by Crippen LogP contribution is 2.28. The molecule has 0 spiro atoms. The van der Waals surface area contributed by atoms with Crippen LogP contribution in [0.2, 0.25) is 0 Å². The van der Waals surface area contributed by atoms with Crippen molar-refractivity contribution in [3.63, 3.8) is 0 Å². The summed E-state index contributed by atoms with van der Waals surface area (Å²) in [4.78, 5) is 13.9. The molecule has 0 unspecified atom stereocenters. The fourth-order valence-electron chi connectivity index (χ4n) is 2.57. The number of alkyl halides is 3. The fraction of sp³-hybridized carbons (Fsp3) is 0.714. The highest BCUT2D eigenvalue weighted by molar-refractivity contribution is 5.80. The van der Waals surface area contributed by atoms with Gasteiger partial charge in [-0.15, -0.1) is 0 Å². The zero-order valence-corrected chi connectivity index (χ0v) is 12.7. The Morgan fingerprint density at radius 2 is 2.05 bits per heavy atom. The van der Waals surface area contributed by atoms with Crippen LogP contribution in [0.15, 0.2) is 0 Å². The first-order chi connectivity index (χ1) is 10.2. The first-order valence-electron chi connectivity index (χ1n) is 7.23. The van der Waals surface area contributed by atoms with Crippen molar-refractivity contribution in [3.05, 3.63) is 17.0 Å². The van der Waals surface area contributed by atoms with Gasteiger partial charge in [0.1, 0.15) is 6.54 Å². The average molecular weight is 319 g/mol. The van der Waals surface area contributed by atoms with E-state index in [4.69, 9.17) is 5.11 Å². The smallest absolute Gasteiger partial charge is 0.395 e. The molecular weight excluding hydrogens is 299 g/mol. The number of carbonyl (C=O) groups is 1. The van der Waals surface area contributed by atoms with Crippen molar-refractivity contribution in [3.8, 4) is 0 Å². The van der Waals surface area contributed by atoms with Crippen LogP contribution in [0.1, 0.15) is 29.8 Å². The van der Waals surface area contributed by atoms with Crippen molar-refractivity contribution >= 4 is 5.91 Å². The van der Waals surface area contributed by atoms with Crippen LogP contribution in [0, 0.1) is 13.8 Å². The maximum Gasteiger partial charge on any atom is 0.408 e. The second-order valence-corrected chi connectivity index (χ2v) is 5.64. The third-order valence-electron chi connectivity index (χ3n) is 3.84. The lowest BCUT2D eigenvalue weighted by atomic mass is 10.1. The molecule has 1 aliphatic rings. The molecular formula is C14H20F3N3O2. The zero-order valence-electron chi connectivity index (χ0n) is 12.7. The molecule has 1 amide bonds. The molecule has 1 heterocycles. The van der Waals surface area contributed by atoms with Crippen LogP contribution in [0.4, 0.5) is 13.2 Å². The molecule has 1 saturated carbocycles. The van der Waals surface area contributed by atoms with Gasteiger partial charge in [0, 0.05) is 23.8 Å². The van der Waals surface area contributed by atoms with Crippen LogP contribution >= 0.6 is 0 Å². The summed E-state index contributed by atoms with van der Waals surface area (Å²) in [5.41, 5.74) is 1.34. The largest absolute Gasteiger partial charge is 0.408 e. The Labute approximate surface area is 126 Å². The van der Waals surface area contributed by atoms with Gasteiger partial charge in [0.25, 0.3) is 0 Å². The summed E-state index contributed by atoms with van der Waals surface area (Å²) < 4.78 is 38.4. The SMILES string of the molecule is Cc1nn(CC(F)(F)F)c(C)c1CC(=O)N(CCO)C1CC1. The summed E-state index contributed by atoms with van der Waals surface area (Å²) in [5.74, 6) is -0.172. The second kappa shape index (κ2) is 6.28. The van der Waals surface area contributed by atoms with E-state index in [0.29, 0.717) is 17.0 Å². The number of aryl methyl sites for hydroxylation is 1. The van der Waals surface area contributed by atoms with Crippen LogP contribution in [-0.4, -0.2) is 51.1 Å². The van der Waals surface area contributed by atoms with E-state index in [1.54, 1.807) is 18.7 Å². The maximum atomic E-state index is 12.5. The van der Waals surface area contributed by atoms with Crippen molar-refractivity contribution in [2.24, 2.45) is 0 Å². The molecule has 8 heteroatoms. The molecule has 0 aliphatic heterocycles.